The SMILES string of the molecule is C=CC1C(=O)N(C)c2cnc(-n3ccnc3-c3ccc(F)c(Cl)c3)nc2N1C(C)C. The summed E-state index contributed by atoms with van der Waals surface area (Å²) in [5, 5.41) is 0.00774. The standard InChI is InChI=1S/C21H20ClFN6O/c1-5-16-20(30)27(4)17-11-25-21(26-19(17)29(16)12(2)3)28-9-8-24-18(28)13-6-7-15(23)14(22)10-13/h5-12,16H,1H2,2-4H3. The number of benzene rings is 1. The number of halogens is 2. The lowest BCUT2D eigenvalue weighted by atomic mass is 10.1. The van der Waals surface area contributed by atoms with Crippen LogP contribution in [-0.2, 0) is 4.79 Å². The Kier molecular flexibility index (Phi) is 5.03. The van der Waals surface area contributed by atoms with Crippen LogP contribution < -0.4 is 9.80 Å². The van der Waals surface area contributed by atoms with Gasteiger partial charge in [0.25, 0.3) is 5.91 Å². The minimum atomic E-state index is -0.525. The van der Waals surface area contributed by atoms with Gasteiger partial charge >= 0.3 is 0 Å². The normalized spacial score (nSPS) is 16.2. The molecule has 0 spiro atoms. The van der Waals surface area contributed by atoms with Crippen molar-refractivity contribution in [3.05, 3.63) is 60.3 Å². The summed E-state index contributed by atoms with van der Waals surface area (Å²) in [5.41, 5.74) is 1.24. The van der Waals surface area contributed by atoms with Crippen molar-refractivity contribution in [3.8, 4) is 17.3 Å². The Morgan fingerprint density at radius 1 is 1.30 bits per heavy atom. The molecule has 0 aliphatic carbocycles. The summed E-state index contributed by atoms with van der Waals surface area (Å²) in [6.07, 6.45) is 6.56. The summed E-state index contributed by atoms with van der Waals surface area (Å²) in [6.45, 7) is 7.81. The summed E-state index contributed by atoms with van der Waals surface area (Å²) in [4.78, 5) is 29.8. The van der Waals surface area contributed by atoms with Crippen molar-refractivity contribution in [2.24, 2.45) is 0 Å². The fraction of sp³-hybridized carbons (Fsp3) is 0.238. The van der Waals surface area contributed by atoms with Crippen molar-refractivity contribution in [2.45, 2.75) is 25.9 Å². The van der Waals surface area contributed by atoms with E-state index in [1.165, 1.54) is 12.1 Å². The molecular weight excluding hydrogens is 407 g/mol. The van der Waals surface area contributed by atoms with Gasteiger partial charge in [0.15, 0.2) is 5.82 Å². The van der Waals surface area contributed by atoms with Gasteiger partial charge in [-0.2, -0.15) is 4.98 Å². The molecule has 1 aliphatic heterocycles. The van der Waals surface area contributed by atoms with Crippen LogP contribution in [0.2, 0.25) is 5.02 Å². The lowest BCUT2D eigenvalue weighted by molar-refractivity contribution is -0.119. The zero-order chi connectivity index (χ0) is 21.6. The molecule has 9 heteroatoms. The number of amides is 1. The van der Waals surface area contributed by atoms with Gasteiger partial charge in [-0.25, -0.2) is 14.4 Å². The van der Waals surface area contributed by atoms with Crippen LogP contribution >= 0.6 is 11.6 Å². The maximum atomic E-state index is 13.6. The average Bonchev–Trinajstić information content (AvgIpc) is 3.21. The van der Waals surface area contributed by atoms with E-state index in [0.717, 1.165) is 0 Å². The minimum absolute atomic E-state index is 0.00492. The predicted octanol–water partition coefficient (Wildman–Crippen LogP) is 3.87. The Labute approximate surface area is 178 Å². The first-order valence-corrected chi connectivity index (χ1v) is 9.76. The van der Waals surface area contributed by atoms with Crippen LogP contribution in [0.15, 0.2) is 49.4 Å². The molecule has 0 radical (unpaired) electrons. The van der Waals surface area contributed by atoms with E-state index < -0.39 is 11.9 Å². The van der Waals surface area contributed by atoms with Gasteiger partial charge in [-0.1, -0.05) is 17.7 Å². The molecule has 1 amide bonds. The number of fused-ring (bicyclic) bond motifs is 1. The van der Waals surface area contributed by atoms with Gasteiger partial charge in [-0.05, 0) is 32.0 Å². The summed E-state index contributed by atoms with van der Waals surface area (Å²) in [7, 11) is 1.70. The van der Waals surface area contributed by atoms with Gasteiger partial charge in [-0.3, -0.25) is 9.36 Å². The minimum Gasteiger partial charge on any atom is -0.337 e. The molecule has 154 valence electrons. The Morgan fingerprint density at radius 2 is 2.07 bits per heavy atom. The topological polar surface area (TPSA) is 67.2 Å². The molecule has 1 aromatic carbocycles. The molecule has 1 atom stereocenters. The Morgan fingerprint density at radius 3 is 2.73 bits per heavy atom. The van der Waals surface area contributed by atoms with Crippen molar-refractivity contribution in [3.63, 3.8) is 0 Å². The van der Waals surface area contributed by atoms with Gasteiger partial charge in [0, 0.05) is 31.0 Å². The fourth-order valence-corrected chi connectivity index (χ4v) is 3.74. The van der Waals surface area contributed by atoms with Gasteiger partial charge in [-0.15, -0.1) is 6.58 Å². The molecule has 0 saturated heterocycles. The number of imidazole rings is 1. The highest BCUT2D eigenvalue weighted by Gasteiger charge is 2.37. The molecule has 2 aromatic heterocycles. The molecular formula is C21H20ClFN6O. The Hall–Kier alpha value is -3.26. The molecule has 30 heavy (non-hydrogen) atoms. The average molecular weight is 427 g/mol. The third-order valence-corrected chi connectivity index (χ3v) is 5.33. The molecule has 0 N–H and O–H groups in total. The first-order chi connectivity index (χ1) is 14.3. The van der Waals surface area contributed by atoms with Crippen molar-refractivity contribution in [2.75, 3.05) is 16.8 Å². The number of anilines is 2. The summed E-state index contributed by atoms with van der Waals surface area (Å²) in [6, 6.07) is 3.88. The van der Waals surface area contributed by atoms with Crippen LogP contribution in [0.4, 0.5) is 15.9 Å². The van der Waals surface area contributed by atoms with Crippen molar-refractivity contribution < 1.29 is 9.18 Å². The third-order valence-electron chi connectivity index (χ3n) is 5.04. The maximum absolute atomic E-state index is 13.6. The highest BCUT2D eigenvalue weighted by molar-refractivity contribution is 6.31. The number of hydrogen-bond donors (Lipinski definition) is 0. The molecule has 1 aliphatic rings. The van der Waals surface area contributed by atoms with E-state index in [0.29, 0.717) is 28.8 Å². The van der Waals surface area contributed by atoms with Crippen LogP contribution in [0.3, 0.4) is 0 Å². The third kappa shape index (κ3) is 3.13. The molecule has 0 fully saturated rings. The van der Waals surface area contributed by atoms with Crippen molar-refractivity contribution in [1.82, 2.24) is 19.5 Å². The monoisotopic (exact) mass is 426 g/mol. The summed E-state index contributed by atoms with van der Waals surface area (Å²) >= 11 is 5.94. The highest BCUT2D eigenvalue weighted by Crippen LogP contribution is 2.36. The van der Waals surface area contributed by atoms with E-state index in [4.69, 9.17) is 16.6 Å². The van der Waals surface area contributed by atoms with Crippen LogP contribution in [0, 0.1) is 5.82 Å². The van der Waals surface area contributed by atoms with Crippen LogP contribution in [0.25, 0.3) is 17.3 Å². The van der Waals surface area contributed by atoms with E-state index in [2.05, 4.69) is 16.5 Å². The number of carbonyl (C=O) groups is 1. The number of hydrogen-bond acceptors (Lipinski definition) is 5. The first-order valence-electron chi connectivity index (χ1n) is 9.38. The number of nitrogens with zero attached hydrogens (tertiary/aromatic N) is 6. The first kappa shape index (κ1) is 20.0. The molecule has 7 nitrogen and oxygen atoms in total. The second-order valence-corrected chi connectivity index (χ2v) is 7.61. The zero-order valence-electron chi connectivity index (χ0n) is 16.8. The van der Waals surface area contributed by atoms with Gasteiger partial charge in [0.05, 0.1) is 11.2 Å². The summed E-state index contributed by atoms with van der Waals surface area (Å²) < 4.78 is 15.3. The van der Waals surface area contributed by atoms with Crippen molar-refractivity contribution in [1.29, 1.82) is 0 Å². The van der Waals surface area contributed by atoms with Gasteiger partial charge in [0.2, 0.25) is 5.95 Å². The highest BCUT2D eigenvalue weighted by atomic mass is 35.5. The lowest BCUT2D eigenvalue weighted by Gasteiger charge is -2.41. The van der Waals surface area contributed by atoms with E-state index >= 15 is 0 Å². The number of likely N-dealkylation sites (N-methyl/N-ethyl adjacent to an activating group) is 1. The van der Waals surface area contributed by atoms with Crippen LogP contribution in [0.5, 0.6) is 0 Å². The molecule has 4 rings (SSSR count). The lowest BCUT2D eigenvalue weighted by Crippen LogP contribution is -2.54. The Balaban J connectivity index is 1.85. The zero-order valence-corrected chi connectivity index (χ0v) is 17.5. The molecule has 3 heterocycles. The predicted molar refractivity (Wildman–Crippen MR) is 115 cm³/mol. The smallest absolute Gasteiger partial charge is 0.253 e. The number of carbonyl (C=O) groups excluding carboxylic acids is 1. The second kappa shape index (κ2) is 7.53. The van der Waals surface area contributed by atoms with Crippen LogP contribution in [0.1, 0.15) is 13.8 Å². The van der Waals surface area contributed by atoms with E-state index in [1.807, 2.05) is 18.7 Å². The second-order valence-electron chi connectivity index (χ2n) is 7.21. The molecule has 3 aromatic rings. The van der Waals surface area contributed by atoms with Crippen molar-refractivity contribution >= 4 is 29.0 Å². The van der Waals surface area contributed by atoms with E-state index in [-0.39, 0.29) is 17.0 Å². The fourth-order valence-electron chi connectivity index (χ4n) is 3.56. The quantitative estimate of drug-likeness (QED) is 0.592. The number of aromatic nitrogens is 4. The molecule has 1 unspecified atom stereocenters. The maximum Gasteiger partial charge on any atom is 0.253 e. The number of rotatable bonds is 4. The molecule has 0 saturated carbocycles. The summed E-state index contributed by atoms with van der Waals surface area (Å²) in [5.74, 6) is 0.927. The van der Waals surface area contributed by atoms with E-state index in [9.17, 15) is 9.18 Å². The van der Waals surface area contributed by atoms with Crippen LogP contribution in [-0.4, -0.2) is 44.6 Å². The van der Waals surface area contributed by atoms with Gasteiger partial charge < -0.3 is 9.80 Å². The van der Waals surface area contributed by atoms with E-state index in [1.54, 1.807) is 47.2 Å². The molecule has 0 bridgehead atoms. The van der Waals surface area contributed by atoms with Gasteiger partial charge in [0.1, 0.15) is 23.4 Å². The Bertz CT molecular complexity index is 1140. The largest absolute Gasteiger partial charge is 0.337 e.